The summed E-state index contributed by atoms with van der Waals surface area (Å²) < 4.78 is 0. The quantitative estimate of drug-likeness (QED) is 0.0545. The van der Waals surface area contributed by atoms with Crippen LogP contribution in [0.3, 0.4) is 0 Å². The van der Waals surface area contributed by atoms with Crippen LogP contribution in [0.4, 0.5) is 0 Å². The number of hydrogen-bond donors (Lipinski definition) is 0. The highest BCUT2D eigenvalue weighted by Gasteiger charge is 2.19. The van der Waals surface area contributed by atoms with Crippen LogP contribution in [0.5, 0.6) is 0 Å². The number of aryl methyl sites for hydroxylation is 4. The molecule has 0 unspecified atom stereocenters. The third-order valence-electron chi connectivity index (χ3n) is 9.83. The van der Waals surface area contributed by atoms with Gasteiger partial charge in [0.05, 0.1) is 9.75 Å². The molecule has 6 heteroatoms. The first-order valence-corrected chi connectivity index (χ1v) is 23.3. The van der Waals surface area contributed by atoms with Gasteiger partial charge in [-0.1, -0.05) is 178 Å². The van der Waals surface area contributed by atoms with Crippen molar-refractivity contribution in [3.05, 3.63) is 33.0 Å². The Kier molecular flexibility index (Phi) is 19.4. The Balaban J connectivity index is 1.18. The molecule has 268 valence electrons. The molecule has 48 heavy (non-hydrogen) atoms. The first-order valence-electron chi connectivity index (χ1n) is 20.1. The third kappa shape index (κ3) is 13.9. The van der Waals surface area contributed by atoms with Crippen LogP contribution in [0.15, 0.2) is 12.1 Å². The van der Waals surface area contributed by atoms with Crippen molar-refractivity contribution in [2.75, 3.05) is 0 Å². The number of fused-ring (bicyclic) bond motifs is 1. The fraction of sp³-hybridized carbons (Fsp3) is 0.714. The van der Waals surface area contributed by atoms with Gasteiger partial charge < -0.3 is 0 Å². The van der Waals surface area contributed by atoms with Crippen LogP contribution in [-0.4, -0.2) is 9.97 Å². The zero-order chi connectivity index (χ0) is 33.8. The molecule has 0 saturated carbocycles. The van der Waals surface area contributed by atoms with E-state index in [0.29, 0.717) is 0 Å². The van der Waals surface area contributed by atoms with Crippen molar-refractivity contribution in [2.45, 2.75) is 195 Å². The molecule has 0 N–H and O–H groups in total. The van der Waals surface area contributed by atoms with Gasteiger partial charge in [0.15, 0.2) is 9.66 Å². The molecule has 4 heterocycles. The third-order valence-corrected chi connectivity index (χ3v) is 14.3. The van der Waals surface area contributed by atoms with Crippen molar-refractivity contribution in [1.29, 1.82) is 0 Å². The summed E-state index contributed by atoms with van der Waals surface area (Å²) in [5.74, 6) is 0. The Morgan fingerprint density at radius 1 is 0.396 bits per heavy atom. The summed E-state index contributed by atoms with van der Waals surface area (Å²) in [7, 11) is 0. The average Bonchev–Trinajstić information content (AvgIpc) is 3.84. The zero-order valence-electron chi connectivity index (χ0n) is 31.1. The molecule has 0 aliphatic carbocycles. The minimum atomic E-state index is 1.12. The fourth-order valence-corrected chi connectivity index (χ4v) is 11.4. The monoisotopic (exact) mass is 726 g/mol. The van der Waals surface area contributed by atoms with Gasteiger partial charge in [-0.3, -0.25) is 0 Å². The number of thiophene rings is 2. The van der Waals surface area contributed by atoms with Crippen molar-refractivity contribution in [3.8, 4) is 19.8 Å². The molecule has 4 aromatic rings. The summed E-state index contributed by atoms with van der Waals surface area (Å²) in [6.45, 7) is 9.11. The zero-order valence-corrected chi connectivity index (χ0v) is 34.3. The van der Waals surface area contributed by atoms with E-state index in [9.17, 15) is 0 Å². The number of thiazole rings is 2. The van der Waals surface area contributed by atoms with Crippen LogP contribution < -0.4 is 0 Å². The second-order valence-electron chi connectivity index (χ2n) is 14.3. The second kappa shape index (κ2) is 23.4. The lowest BCUT2D eigenvalue weighted by Gasteiger charge is -2.04. The number of hydrogen-bond acceptors (Lipinski definition) is 6. The molecule has 0 amide bonds. The summed E-state index contributed by atoms with van der Waals surface area (Å²) in [4.78, 5) is 18.2. The van der Waals surface area contributed by atoms with Gasteiger partial charge in [-0.05, 0) is 62.8 Å². The van der Waals surface area contributed by atoms with Crippen LogP contribution in [0, 0.1) is 13.8 Å². The van der Waals surface area contributed by atoms with Crippen molar-refractivity contribution < 1.29 is 0 Å². The molecular formula is C42H66N2S4. The Morgan fingerprint density at radius 3 is 1.00 bits per heavy atom. The van der Waals surface area contributed by atoms with Crippen LogP contribution in [0.2, 0.25) is 0 Å². The van der Waals surface area contributed by atoms with E-state index in [2.05, 4.69) is 39.8 Å². The highest BCUT2D eigenvalue weighted by Crippen LogP contribution is 2.43. The summed E-state index contributed by atoms with van der Waals surface area (Å²) in [5, 5.41) is 2.36. The highest BCUT2D eigenvalue weighted by atomic mass is 32.1. The summed E-state index contributed by atoms with van der Waals surface area (Å²) >= 11 is 7.46. The maximum atomic E-state index is 5.17. The van der Waals surface area contributed by atoms with E-state index in [0.717, 1.165) is 9.66 Å². The first-order chi connectivity index (χ1) is 23.6. The normalized spacial score (nSPS) is 11.8. The standard InChI is InChI=1S/C42H66N2S4/c1-5-7-9-11-13-15-17-19-21-23-25-27-29-35-31-33(3)45-37(35)39-43-41-42(47-39)44-40(48-41)38-36(32-34(4)46-38)30-28-26-24-22-20-18-16-14-12-10-8-6-2/h31-32H,5-30H2,1-4H3. The van der Waals surface area contributed by atoms with E-state index in [1.54, 1.807) is 0 Å². The first kappa shape index (κ1) is 39.7. The van der Waals surface area contributed by atoms with Crippen LogP contribution >= 0.6 is 45.3 Å². The highest BCUT2D eigenvalue weighted by molar-refractivity contribution is 7.32. The number of nitrogens with zero attached hydrogens (tertiary/aromatic N) is 2. The predicted octanol–water partition coefficient (Wildman–Crippen LogP) is 16.3. The van der Waals surface area contributed by atoms with Gasteiger partial charge in [0, 0.05) is 9.75 Å². The van der Waals surface area contributed by atoms with Crippen molar-refractivity contribution >= 4 is 55.0 Å². The summed E-state index contributed by atoms with van der Waals surface area (Å²) in [6.07, 6.45) is 36.0. The molecule has 0 aromatic carbocycles. The van der Waals surface area contributed by atoms with Crippen molar-refractivity contribution in [1.82, 2.24) is 9.97 Å². The van der Waals surface area contributed by atoms with Gasteiger partial charge in [-0.15, -0.1) is 22.7 Å². The van der Waals surface area contributed by atoms with E-state index < -0.39 is 0 Å². The maximum Gasteiger partial charge on any atom is 0.155 e. The van der Waals surface area contributed by atoms with E-state index in [1.165, 1.54) is 208 Å². The summed E-state index contributed by atoms with van der Waals surface area (Å²) in [5.41, 5.74) is 3.01. The number of unbranched alkanes of at least 4 members (excludes halogenated alkanes) is 22. The maximum absolute atomic E-state index is 5.17. The van der Waals surface area contributed by atoms with Crippen LogP contribution in [-0.2, 0) is 12.8 Å². The van der Waals surface area contributed by atoms with E-state index >= 15 is 0 Å². The van der Waals surface area contributed by atoms with E-state index in [1.807, 2.05) is 45.3 Å². The second-order valence-corrected chi connectivity index (χ2v) is 18.8. The lowest BCUT2D eigenvalue weighted by molar-refractivity contribution is 0.544. The lowest BCUT2D eigenvalue weighted by atomic mass is 10.0. The van der Waals surface area contributed by atoms with Gasteiger partial charge in [0.25, 0.3) is 0 Å². The fourth-order valence-electron chi connectivity index (χ4n) is 7.02. The Bertz CT molecular complexity index is 1270. The predicted molar refractivity (Wildman–Crippen MR) is 221 cm³/mol. The van der Waals surface area contributed by atoms with Crippen molar-refractivity contribution in [2.24, 2.45) is 0 Å². The SMILES string of the molecule is CCCCCCCCCCCCCCc1cc(C)sc1-c1nc2sc(-c3sc(C)cc3CCCCCCCCCCCCCC)nc2s1. The lowest BCUT2D eigenvalue weighted by Crippen LogP contribution is -1.87. The minimum absolute atomic E-state index is 1.12. The Morgan fingerprint density at radius 2 is 0.688 bits per heavy atom. The van der Waals surface area contributed by atoms with Crippen LogP contribution in [0.25, 0.3) is 29.4 Å². The molecule has 0 radical (unpaired) electrons. The minimum Gasteiger partial charge on any atom is -0.222 e. The molecular weight excluding hydrogens is 661 g/mol. The number of aromatic nitrogens is 2. The molecule has 2 nitrogen and oxygen atoms in total. The average molecular weight is 727 g/mol. The Hall–Kier alpha value is -1.08. The number of rotatable bonds is 28. The van der Waals surface area contributed by atoms with Gasteiger partial charge in [-0.25, -0.2) is 9.97 Å². The van der Waals surface area contributed by atoms with Crippen LogP contribution in [0.1, 0.15) is 189 Å². The van der Waals surface area contributed by atoms with Gasteiger partial charge >= 0.3 is 0 Å². The molecule has 0 aliphatic rings. The van der Waals surface area contributed by atoms with Crippen molar-refractivity contribution in [3.63, 3.8) is 0 Å². The van der Waals surface area contributed by atoms with Gasteiger partial charge in [0.2, 0.25) is 0 Å². The molecule has 0 atom stereocenters. The molecule has 0 saturated heterocycles. The molecule has 0 aliphatic heterocycles. The molecule has 0 fully saturated rings. The van der Waals surface area contributed by atoms with E-state index in [-0.39, 0.29) is 0 Å². The molecule has 4 rings (SSSR count). The largest absolute Gasteiger partial charge is 0.222 e. The van der Waals surface area contributed by atoms with Gasteiger partial charge in [-0.2, -0.15) is 0 Å². The molecule has 0 spiro atoms. The van der Waals surface area contributed by atoms with Gasteiger partial charge in [0.1, 0.15) is 10.0 Å². The summed E-state index contributed by atoms with van der Waals surface area (Å²) in [6, 6.07) is 4.84. The smallest absolute Gasteiger partial charge is 0.155 e. The van der Waals surface area contributed by atoms with E-state index in [4.69, 9.17) is 9.97 Å². The molecule has 0 bridgehead atoms. The topological polar surface area (TPSA) is 25.8 Å². The molecule has 4 aromatic heterocycles. The Labute approximate surface area is 310 Å².